The third-order valence-electron chi connectivity index (χ3n) is 2.53. The zero-order chi connectivity index (χ0) is 16.0. The smallest absolute Gasteiger partial charge is 0.338 e. The summed E-state index contributed by atoms with van der Waals surface area (Å²) in [6.45, 7) is 9.28. The van der Waals surface area contributed by atoms with Gasteiger partial charge in [-0.2, -0.15) is 0 Å². The molecule has 4 heteroatoms. The first-order chi connectivity index (χ1) is 9.73. The van der Waals surface area contributed by atoms with Crippen LogP contribution >= 0.6 is 0 Å². The van der Waals surface area contributed by atoms with Crippen molar-refractivity contribution in [3.8, 4) is 0 Å². The molecule has 0 spiro atoms. The second-order valence-electron chi connectivity index (χ2n) is 5.67. The minimum absolute atomic E-state index is 0.339. The summed E-state index contributed by atoms with van der Waals surface area (Å²) in [6, 6.07) is 6.89. The second kappa shape index (κ2) is 7.07. The van der Waals surface area contributed by atoms with E-state index in [0.717, 1.165) is 5.56 Å². The first-order valence-corrected chi connectivity index (χ1v) is 6.92. The van der Waals surface area contributed by atoms with E-state index < -0.39 is 5.60 Å². The lowest BCUT2D eigenvalue weighted by molar-refractivity contribution is -0.138. The number of hydrogen-bond donors (Lipinski definition) is 0. The summed E-state index contributed by atoms with van der Waals surface area (Å²) >= 11 is 0. The van der Waals surface area contributed by atoms with Crippen molar-refractivity contribution in [2.45, 2.75) is 40.2 Å². The zero-order valence-electron chi connectivity index (χ0n) is 13.2. The van der Waals surface area contributed by atoms with Crippen LogP contribution in [0.5, 0.6) is 0 Å². The van der Waals surface area contributed by atoms with Gasteiger partial charge in [-0.3, -0.25) is 0 Å². The topological polar surface area (TPSA) is 52.6 Å². The fourth-order valence-electron chi connectivity index (χ4n) is 1.61. The Bertz CT molecular complexity index is 533. The lowest BCUT2D eigenvalue weighted by Crippen LogP contribution is -2.23. The maximum atomic E-state index is 11.9. The average Bonchev–Trinajstić information content (AvgIpc) is 2.37. The Labute approximate surface area is 125 Å². The molecule has 0 amide bonds. The molecule has 0 radical (unpaired) electrons. The number of esters is 2. The van der Waals surface area contributed by atoms with E-state index in [0.29, 0.717) is 17.7 Å². The minimum Gasteiger partial charge on any atom is -0.463 e. The highest BCUT2D eigenvalue weighted by Crippen LogP contribution is 2.14. The molecular formula is C17H22O4. The van der Waals surface area contributed by atoms with Crippen LogP contribution in [0.4, 0.5) is 0 Å². The van der Waals surface area contributed by atoms with Crippen LogP contribution in [0.1, 0.15) is 50.5 Å². The van der Waals surface area contributed by atoms with Gasteiger partial charge in [-0.25, -0.2) is 9.59 Å². The summed E-state index contributed by atoms with van der Waals surface area (Å²) in [5.41, 5.74) is 1.31. The fourth-order valence-corrected chi connectivity index (χ4v) is 1.61. The van der Waals surface area contributed by atoms with Gasteiger partial charge in [-0.05, 0) is 58.4 Å². The van der Waals surface area contributed by atoms with Crippen LogP contribution in [0.3, 0.4) is 0 Å². The molecule has 0 aliphatic rings. The Balaban J connectivity index is 2.81. The highest BCUT2D eigenvalue weighted by Gasteiger charge is 2.17. The zero-order valence-corrected chi connectivity index (χ0v) is 13.2. The molecule has 0 aliphatic carbocycles. The van der Waals surface area contributed by atoms with Crippen LogP contribution in [0.2, 0.25) is 0 Å². The molecule has 0 saturated heterocycles. The Kier molecular flexibility index (Phi) is 5.70. The summed E-state index contributed by atoms with van der Waals surface area (Å²) in [4.78, 5) is 23.4. The van der Waals surface area contributed by atoms with Gasteiger partial charge in [0.25, 0.3) is 0 Å². The van der Waals surface area contributed by atoms with Crippen molar-refractivity contribution < 1.29 is 19.1 Å². The number of rotatable bonds is 4. The van der Waals surface area contributed by atoms with Crippen LogP contribution < -0.4 is 0 Å². The quantitative estimate of drug-likeness (QED) is 0.628. The SMILES string of the molecule is CCOC(=O)/C(C)=C/c1ccc(C(=O)OC(C)(C)C)cc1. The number of hydrogen-bond acceptors (Lipinski definition) is 4. The van der Waals surface area contributed by atoms with E-state index >= 15 is 0 Å². The van der Waals surface area contributed by atoms with Crippen molar-refractivity contribution in [1.29, 1.82) is 0 Å². The molecule has 1 aromatic rings. The molecule has 1 rings (SSSR count). The highest BCUT2D eigenvalue weighted by atomic mass is 16.6. The molecule has 0 unspecified atom stereocenters. The maximum absolute atomic E-state index is 11.9. The van der Waals surface area contributed by atoms with Gasteiger partial charge < -0.3 is 9.47 Å². The van der Waals surface area contributed by atoms with Crippen molar-refractivity contribution in [2.24, 2.45) is 0 Å². The minimum atomic E-state index is -0.518. The van der Waals surface area contributed by atoms with Crippen LogP contribution in [0, 0.1) is 0 Å². The predicted octanol–water partition coefficient (Wildman–Crippen LogP) is 3.61. The van der Waals surface area contributed by atoms with Crippen LogP contribution in [-0.2, 0) is 14.3 Å². The van der Waals surface area contributed by atoms with E-state index in [4.69, 9.17) is 9.47 Å². The van der Waals surface area contributed by atoms with Gasteiger partial charge in [-0.1, -0.05) is 12.1 Å². The van der Waals surface area contributed by atoms with Crippen molar-refractivity contribution >= 4 is 18.0 Å². The predicted molar refractivity (Wildman–Crippen MR) is 81.9 cm³/mol. The Morgan fingerprint density at radius 2 is 1.71 bits per heavy atom. The Morgan fingerprint density at radius 1 is 1.14 bits per heavy atom. The molecule has 0 N–H and O–H groups in total. The highest BCUT2D eigenvalue weighted by molar-refractivity contribution is 5.93. The Hall–Kier alpha value is -2.10. The van der Waals surface area contributed by atoms with E-state index in [1.54, 1.807) is 44.2 Å². The first-order valence-electron chi connectivity index (χ1n) is 6.92. The lowest BCUT2D eigenvalue weighted by atomic mass is 10.1. The molecular weight excluding hydrogens is 268 g/mol. The molecule has 0 fully saturated rings. The third-order valence-corrected chi connectivity index (χ3v) is 2.53. The fraction of sp³-hybridized carbons (Fsp3) is 0.412. The van der Waals surface area contributed by atoms with Crippen molar-refractivity contribution in [3.05, 3.63) is 41.0 Å². The first kappa shape index (κ1) is 17.0. The maximum Gasteiger partial charge on any atom is 0.338 e. The van der Waals surface area contributed by atoms with E-state index in [2.05, 4.69) is 0 Å². The largest absolute Gasteiger partial charge is 0.463 e. The van der Waals surface area contributed by atoms with E-state index in [-0.39, 0.29) is 11.9 Å². The van der Waals surface area contributed by atoms with Gasteiger partial charge in [0.05, 0.1) is 12.2 Å². The molecule has 0 aliphatic heterocycles. The summed E-state index contributed by atoms with van der Waals surface area (Å²) in [5.74, 6) is -0.700. The van der Waals surface area contributed by atoms with Gasteiger partial charge in [0.15, 0.2) is 0 Å². The molecule has 114 valence electrons. The molecule has 0 atom stereocenters. The van der Waals surface area contributed by atoms with Crippen LogP contribution in [0.15, 0.2) is 29.8 Å². The number of carbonyl (C=O) groups excluding carboxylic acids is 2. The molecule has 21 heavy (non-hydrogen) atoms. The van der Waals surface area contributed by atoms with Gasteiger partial charge in [0.2, 0.25) is 0 Å². The second-order valence-corrected chi connectivity index (χ2v) is 5.67. The molecule has 4 nitrogen and oxygen atoms in total. The van der Waals surface area contributed by atoms with Crippen molar-refractivity contribution in [2.75, 3.05) is 6.61 Å². The van der Waals surface area contributed by atoms with E-state index in [1.807, 2.05) is 20.8 Å². The van der Waals surface area contributed by atoms with Gasteiger partial charge >= 0.3 is 11.9 Å². The molecule has 0 aromatic heterocycles. The summed E-state index contributed by atoms with van der Waals surface area (Å²) < 4.78 is 10.2. The lowest BCUT2D eigenvalue weighted by Gasteiger charge is -2.19. The van der Waals surface area contributed by atoms with Crippen LogP contribution in [0.25, 0.3) is 6.08 Å². The summed E-state index contributed by atoms with van der Waals surface area (Å²) in [6.07, 6.45) is 1.72. The molecule has 0 saturated carbocycles. The molecule has 0 bridgehead atoms. The Morgan fingerprint density at radius 3 is 2.19 bits per heavy atom. The standard InChI is InChI=1S/C17H22O4/c1-6-20-15(18)12(2)11-13-7-9-14(10-8-13)16(19)21-17(3,4)5/h7-11H,6H2,1-5H3/b12-11+. The van der Waals surface area contributed by atoms with Crippen molar-refractivity contribution in [3.63, 3.8) is 0 Å². The summed E-state index contributed by atoms with van der Waals surface area (Å²) in [7, 11) is 0. The number of ether oxygens (including phenoxy) is 2. The summed E-state index contributed by atoms with van der Waals surface area (Å²) in [5, 5.41) is 0. The number of benzene rings is 1. The number of carbonyl (C=O) groups is 2. The molecule has 1 aromatic carbocycles. The third kappa shape index (κ3) is 5.81. The van der Waals surface area contributed by atoms with Crippen molar-refractivity contribution in [1.82, 2.24) is 0 Å². The molecule has 0 heterocycles. The monoisotopic (exact) mass is 290 g/mol. The normalized spacial score (nSPS) is 12.0. The van der Waals surface area contributed by atoms with Gasteiger partial charge in [0, 0.05) is 5.57 Å². The van der Waals surface area contributed by atoms with Crippen LogP contribution in [-0.4, -0.2) is 24.1 Å². The van der Waals surface area contributed by atoms with Gasteiger partial charge in [-0.15, -0.1) is 0 Å². The average molecular weight is 290 g/mol. The van der Waals surface area contributed by atoms with Gasteiger partial charge in [0.1, 0.15) is 5.60 Å². The van der Waals surface area contributed by atoms with E-state index in [9.17, 15) is 9.59 Å². The van der Waals surface area contributed by atoms with E-state index in [1.165, 1.54) is 0 Å².